The molecule has 0 aliphatic heterocycles. The van der Waals surface area contributed by atoms with Crippen LogP contribution < -0.4 is 5.32 Å². The van der Waals surface area contributed by atoms with E-state index in [-0.39, 0.29) is 5.91 Å². The number of allylic oxidation sites excluding steroid dienone is 1. The number of furan rings is 1. The fraction of sp³-hybridized carbons (Fsp3) is 0.261. The SMILES string of the molecule is CN=C(C(=O)NCCCn1ccnc1)/C(Cc1ccccc1)=C(\C)c1ccco1. The molecule has 1 aromatic carbocycles. The number of hydrogen-bond acceptors (Lipinski definition) is 4. The molecule has 0 atom stereocenters. The molecule has 3 aromatic rings. The van der Waals surface area contributed by atoms with Crippen molar-refractivity contribution in [1.29, 1.82) is 0 Å². The van der Waals surface area contributed by atoms with Crippen molar-refractivity contribution in [3.63, 3.8) is 0 Å². The highest BCUT2D eigenvalue weighted by molar-refractivity contribution is 6.46. The molecular formula is C23H26N4O2. The summed E-state index contributed by atoms with van der Waals surface area (Å²) in [5, 5.41) is 2.99. The van der Waals surface area contributed by atoms with E-state index in [1.807, 2.05) is 60.2 Å². The number of imidazole rings is 1. The average Bonchev–Trinajstić information content (AvgIpc) is 3.45. The third kappa shape index (κ3) is 5.54. The van der Waals surface area contributed by atoms with Gasteiger partial charge in [-0.2, -0.15) is 0 Å². The molecular weight excluding hydrogens is 364 g/mol. The molecule has 29 heavy (non-hydrogen) atoms. The molecule has 0 aliphatic rings. The van der Waals surface area contributed by atoms with Crippen LogP contribution in [0.2, 0.25) is 0 Å². The fourth-order valence-electron chi connectivity index (χ4n) is 3.17. The van der Waals surface area contributed by atoms with Gasteiger partial charge in [-0.25, -0.2) is 4.98 Å². The van der Waals surface area contributed by atoms with E-state index in [9.17, 15) is 4.79 Å². The maximum absolute atomic E-state index is 12.9. The Morgan fingerprint density at radius 2 is 2.03 bits per heavy atom. The van der Waals surface area contributed by atoms with Crippen molar-refractivity contribution in [1.82, 2.24) is 14.9 Å². The van der Waals surface area contributed by atoms with Gasteiger partial charge in [0.05, 0.1) is 12.6 Å². The molecule has 2 aromatic heterocycles. The van der Waals surface area contributed by atoms with Gasteiger partial charge in [0, 0.05) is 39.0 Å². The second-order valence-corrected chi connectivity index (χ2v) is 6.73. The first-order valence-electron chi connectivity index (χ1n) is 9.67. The summed E-state index contributed by atoms with van der Waals surface area (Å²) in [6.45, 7) is 3.33. The minimum atomic E-state index is -0.171. The quantitative estimate of drug-likeness (QED) is 0.446. The summed E-state index contributed by atoms with van der Waals surface area (Å²) in [7, 11) is 1.65. The smallest absolute Gasteiger partial charge is 0.269 e. The van der Waals surface area contributed by atoms with E-state index < -0.39 is 0 Å². The summed E-state index contributed by atoms with van der Waals surface area (Å²) in [4.78, 5) is 21.3. The van der Waals surface area contributed by atoms with Crippen LogP contribution in [0.25, 0.3) is 5.57 Å². The van der Waals surface area contributed by atoms with Crippen LogP contribution in [0.3, 0.4) is 0 Å². The predicted molar refractivity (Wildman–Crippen MR) is 115 cm³/mol. The van der Waals surface area contributed by atoms with Gasteiger partial charge >= 0.3 is 0 Å². The molecule has 0 radical (unpaired) electrons. The maximum atomic E-state index is 12.9. The Morgan fingerprint density at radius 1 is 1.21 bits per heavy atom. The van der Waals surface area contributed by atoms with Gasteiger partial charge in [-0.3, -0.25) is 9.79 Å². The zero-order valence-corrected chi connectivity index (χ0v) is 16.8. The average molecular weight is 390 g/mol. The zero-order valence-electron chi connectivity index (χ0n) is 16.8. The van der Waals surface area contributed by atoms with Gasteiger partial charge in [-0.05, 0) is 42.2 Å². The number of nitrogens with zero attached hydrogens (tertiary/aromatic N) is 3. The lowest BCUT2D eigenvalue weighted by Gasteiger charge is -2.15. The van der Waals surface area contributed by atoms with Gasteiger partial charge in [0.2, 0.25) is 0 Å². The summed E-state index contributed by atoms with van der Waals surface area (Å²) in [5.41, 5.74) is 3.32. The van der Waals surface area contributed by atoms with Crippen LogP contribution in [0.15, 0.2) is 82.4 Å². The highest BCUT2D eigenvalue weighted by Crippen LogP contribution is 2.23. The second kappa shape index (κ2) is 10.2. The Hall–Kier alpha value is -3.41. The lowest BCUT2D eigenvalue weighted by Crippen LogP contribution is -2.34. The number of aromatic nitrogens is 2. The highest BCUT2D eigenvalue weighted by Gasteiger charge is 2.20. The van der Waals surface area contributed by atoms with Gasteiger partial charge in [0.1, 0.15) is 11.5 Å². The minimum absolute atomic E-state index is 0.171. The third-order valence-electron chi connectivity index (χ3n) is 4.73. The molecule has 1 N–H and O–H groups in total. The van der Waals surface area contributed by atoms with Crippen LogP contribution in [-0.2, 0) is 17.8 Å². The number of carbonyl (C=O) groups is 1. The Bertz CT molecular complexity index is 956. The Morgan fingerprint density at radius 3 is 2.69 bits per heavy atom. The minimum Gasteiger partial charge on any atom is -0.465 e. The normalized spacial score (nSPS) is 12.6. The molecule has 1 amide bonds. The number of aryl methyl sites for hydroxylation is 1. The lowest BCUT2D eigenvalue weighted by atomic mass is 9.94. The molecule has 0 saturated heterocycles. The summed E-state index contributed by atoms with van der Waals surface area (Å²) in [6.07, 6.45) is 8.48. The van der Waals surface area contributed by atoms with Crippen molar-refractivity contribution in [3.8, 4) is 0 Å². The van der Waals surface area contributed by atoms with Gasteiger partial charge < -0.3 is 14.3 Å². The molecule has 2 heterocycles. The second-order valence-electron chi connectivity index (χ2n) is 6.73. The number of nitrogens with one attached hydrogen (secondary N) is 1. The lowest BCUT2D eigenvalue weighted by molar-refractivity contribution is -0.114. The molecule has 0 fully saturated rings. The van der Waals surface area contributed by atoms with E-state index in [0.29, 0.717) is 18.7 Å². The first-order valence-corrected chi connectivity index (χ1v) is 9.67. The molecule has 0 unspecified atom stereocenters. The predicted octanol–water partition coefficient (Wildman–Crippen LogP) is 3.77. The summed E-state index contributed by atoms with van der Waals surface area (Å²) < 4.78 is 7.56. The molecule has 0 spiro atoms. The van der Waals surface area contributed by atoms with Gasteiger partial charge in [0.15, 0.2) is 0 Å². The number of hydrogen-bond donors (Lipinski definition) is 1. The molecule has 150 valence electrons. The van der Waals surface area contributed by atoms with Crippen LogP contribution in [-0.4, -0.2) is 34.8 Å². The van der Waals surface area contributed by atoms with Gasteiger partial charge in [0.25, 0.3) is 5.91 Å². The molecule has 0 aliphatic carbocycles. The Labute approximate surface area is 171 Å². The summed E-state index contributed by atoms with van der Waals surface area (Å²) >= 11 is 0. The van der Waals surface area contributed by atoms with E-state index in [1.165, 1.54) is 0 Å². The Balaban J connectivity index is 1.75. The van der Waals surface area contributed by atoms with Crippen molar-refractivity contribution < 1.29 is 9.21 Å². The van der Waals surface area contributed by atoms with Crippen molar-refractivity contribution in [3.05, 3.63) is 84.3 Å². The highest BCUT2D eigenvalue weighted by atomic mass is 16.3. The molecule has 6 nitrogen and oxygen atoms in total. The van der Waals surface area contributed by atoms with Crippen LogP contribution in [0.5, 0.6) is 0 Å². The number of amides is 1. The van der Waals surface area contributed by atoms with Crippen LogP contribution in [0, 0.1) is 0 Å². The number of benzene rings is 1. The maximum Gasteiger partial charge on any atom is 0.269 e. The van der Waals surface area contributed by atoms with Crippen LogP contribution >= 0.6 is 0 Å². The Kier molecular flexibility index (Phi) is 7.16. The topological polar surface area (TPSA) is 72.4 Å². The van der Waals surface area contributed by atoms with Crippen molar-refractivity contribution in [2.45, 2.75) is 26.3 Å². The standard InChI is InChI=1S/C23H26N4O2/c1-18(21-10-6-15-29-21)20(16-19-8-4-3-5-9-19)22(24-2)23(28)26-11-7-13-27-14-12-25-17-27/h3-6,8-10,12,14-15,17H,7,11,13,16H2,1-2H3,(H,26,28)/b20-18+,24-22?. The van der Waals surface area contributed by atoms with E-state index >= 15 is 0 Å². The summed E-state index contributed by atoms with van der Waals surface area (Å²) in [6, 6.07) is 13.8. The van der Waals surface area contributed by atoms with E-state index in [1.54, 1.807) is 25.8 Å². The van der Waals surface area contributed by atoms with E-state index in [0.717, 1.165) is 35.4 Å². The van der Waals surface area contributed by atoms with Crippen LogP contribution in [0.4, 0.5) is 0 Å². The molecule has 6 heteroatoms. The first-order chi connectivity index (χ1) is 14.2. The fourth-order valence-corrected chi connectivity index (χ4v) is 3.17. The van der Waals surface area contributed by atoms with E-state index in [2.05, 4.69) is 15.3 Å². The first kappa shape index (κ1) is 20.3. The van der Waals surface area contributed by atoms with Gasteiger partial charge in [-0.15, -0.1) is 0 Å². The summed E-state index contributed by atoms with van der Waals surface area (Å²) in [5.74, 6) is 0.569. The van der Waals surface area contributed by atoms with E-state index in [4.69, 9.17) is 4.42 Å². The number of aliphatic imine (C=N–C) groups is 1. The zero-order chi connectivity index (χ0) is 20.5. The van der Waals surface area contributed by atoms with Crippen molar-refractivity contribution in [2.75, 3.05) is 13.6 Å². The number of rotatable bonds is 9. The third-order valence-corrected chi connectivity index (χ3v) is 4.73. The molecule has 3 rings (SSSR count). The molecule has 0 bridgehead atoms. The van der Waals surface area contributed by atoms with Crippen LogP contribution in [0.1, 0.15) is 24.7 Å². The van der Waals surface area contributed by atoms with Gasteiger partial charge in [-0.1, -0.05) is 30.3 Å². The molecule has 0 saturated carbocycles. The number of carbonyl (C=O) groups excluding carboxylic acids is 1. The van der Waals surface area contributed by atoms with Crippen molar-refractivity contribution in [2.24, 2.45) is 4.99 Å². The largest absolute Gasteiger partial charge is 0.465 e. The monoisotopic (exact) mass is 390 g/mol. The van der Waals surface area contributed by atoms with Crippen molar-refractivity contribution >= 4 is 17.2 Å².